The molecule has 4 nitrogen and oxygen atoms in total. The number of alkyl halides is 5. The van der Waals surface area contributed by atoms with Crippen LogP contribution in [0.1, 0.15) is 17.7 Å². The molecule has 0 fully saturated rings. The van der Waals surface area contributed by atoms with E-state index in [0.29, 0.717) is 0 Å². The fourth-order valence-corrected chi connectivity index (χ4v) is 1.16. The number of ether oxygens (including phenoxy) is 1. The molecule has 9 heteroatoms. The van der Waals surface area contributed by atoms with Gasteiger partial charge in [0.05, 0.1) is 12.5 Å². The Morgan fingerprint density at radius 3 is 2.50 bits per heavy atom. The van der Waals surface area contributed by atoms with Crippen molar-refractivity contribution in [2.75, 3.05) is 0 Å². The van der Waals surface area contributed by atoms with Crippen LogP contribution >= 0.6 is 0 Å². The Bertz CT molecular complexity index is 529. The van der Waals surface area contributed by atoms with Gasteiger partial charge in [0.2, 0.25) is 11.2 Å². The van der Waals surface area contributed by atoms with Crippen molar-refractivity contribution in [2.45, 2.75) is 19.2 Å². The zero-order valence-corrected chi connectivity index (χ0v) is 8.52. The second-order valence-corrected chi connectivity index (χ2v) is 3.07. The van der Waals surface area contributed by atoms with E-state index >= 15 is 0 Å². The van der Waals surface area contributed by atoms with E-state index in [1.807, 2.05) is 4.98 Å². The Kier molecular flexibility index (Phi) is 3.90. The summed E-state index contributed by atoms with van der Waals surface area (Å²) in [4.78, 5) is 13.3. The van der Waals surface area contributed by atoms with Gasteiger partial charge in [0.15, 0.2) is 0 Å². The lowest BCUT2D eigenvalue weighted by molar-refractivity contribution is -0.275. The normalized spacial score (nSPS) is 11.4. The van der Waals surface area contributed by atoms with Crippen LogP contribution in [0.15, 0.2) is 11.0 Å². The summed E-state index contributed by atoms with van der Waals surface area (Å²) in [6, 6.07) is 1.52. The molecule has 0 aliphatic carbocycles. The third kappa shape index (κ3) is 3.19. The molecule has 0 saturated heterocycles. The van der Waals surface area contributed by atoms with Gasteiger partial charge in [-0.1, -0.05) is 0 Å². The fraction of sp³-hybridized carbons (Fsp3) is 0.333. The average molecular weight is 268 g/mol. The Morgan fingerprint density at radius 2 is 2.06 bits per heavy atom. The van der Waals surface area contributed by atoms with Crippen LogP contribution in [0, 0.1) is 11.3 Å². The van der Waals surface area contributed by atoms with Crippen LogP contribution in [-0.4, -0.2) is 11.3 Å². The highest BCUT2D eigenvalue weighted by molar-refractivity contribution is 5.33. The van der Waals surface area contributed by atoms with Crippen molar-refractivity contribution in [3.8, 4) is 11.8 Å². The van der Waals surface area contributed by atoms with Crippen molar-refractivity contribution in [1.29, 1.82) is 5.26 Å². The number of rotatable bonds is 3. The maximum atomic E-state index is 12.4. The smallest absolute Gasteiger partial charge is 0.399 e. The molecule has 0 radical (unpaired) electrons. The molecule has 1 aromatic heterocycles. The number of hydrogen-bond donors (Lipinski definition) is 1. The van der Waals surface area contributed by atoms with E-state index in [1.54, 1.807) is 0 Å². The molecule has 0 unspecified atom stereocenters. The van der Waals surface area contributed by atoms with Crippen LogP contribution in [0.4, 0.5) is 22.0 Å². The van der Waals surface area contributed by atoms with Gasteiger partial charge < -0.3 is 9.72 Å². The fourth-order valence-electron chi connectivity index (χ4n) is 1.16. The van der Waals surface area contributed by atoms with Crippen molar-refractivity contribution < 1.29 is 26.7 Å². The summed E-state index contributed by atoms with van der Waals surface area (Å²) in [5.74, 6) is -1.54. The van der Waals surface area contributed by atoms with Gasteiger partial charge in [-0.2, -0.15) is 5.26 Å². The number of H-pyrrole nitrogens is 1. The van der Waals surface area contributed by atoms with Crippen molar-refractivity contribution in [2.24, 2.45) is 0 Å². The Morgan fingerprint density at radius 1 is 1.44 bits per heavy atom. The first-order chi connectivity index (χ1) is 8.26. The minimum Gasteiger partial charge on any atom is -0.399 e. The topological polar surface area (TPSA) is 65.9 Å². The zero-order valence-electron chi connectivity index (χ0n) is 8.52. The molecule has 0 atom stereocenters. The van der Waals surface area contributed by atoms with E-state index in [-0.39, 0.29) is 5.56 Å². The quantitative estimate of drug-likeness (QED) is 0.855. The highest BCUT2D eigenvalue weighted by atomic mass is 19.4. The molecule has 0 saturated carbocycles. The highest BCUT2D eigenvalue weighted by Gasteiger charge is 2.35. The van der Waals surface area contributed by atoms with Gasteiger partial charge in [-0.15, -0.1) is 13.2 Å². The Balaban J connectivity index is 3.37. The van der Waals surface area contributed by atoms with E-state index < -0.39 is 36.1 Å². The summed E-state index contributed by atoms with van der Waals surface area (Å²) in [5.41, 5.74) is -3.05. The van der Waals surface area contributed by atoms with Crippen molar-refractivity contribution in [3.05, 3.63) is 27.7 Å². The van der Waals surface area contributed by atoms with Crippen molar-refractivity contribution in [3.63, 3.8) is 0 Å². The lowest BCUT2D eigenvalue weighted by Gasteiger charge is -2.12. The third-order valence-corrected chi connectivity index (χ3v) is 1.85. The van der Waals surface area contributed by atoms with Gasteiger partial charge in [0.1, 0.15) is 5.69 Å². The van der Waals surface area contributed by atoms with Crippen molar-refractivity contribution >= 4 is 0 Å². The van der Waals surface area contributed by atoms with Gasteiger partial charge in [-0.3, -0.25) is 4.79 Å². The van der Waals surface area contributed by atoms with E-state index in [1.165, 1.54) is 6.07 Å². The standard InChI is InChI=1S/C9H5F5N2O2/c10-8(11)5-7(18-9(12,13)14)6(17)4(1-2-15)3-16-5/h3,8H,1H2,(H,16,17). The maximum Gasteiger partial charge on any atom is 0.573 e. The number of nitrogens with zero attached hydrogens (tertiary/aromatic N) is 1. The molecule has 0 bridgehead atoms. The summed E-state index contributed by atoms with van der Waals surface area (Å²) >= 11 is 0. The van der Waals surface area contributed by atoms with Gasteiger partial charge in [0.25, 0.3) is 6.43 Å². The van der Waals surface area contributed by atoms with E-state index in [2.05, 4.69) is 4.74 Å². The highest BCUT2D eigenvalue weighted by Crippen LogP contribution is 2.28. The minimum absolute atomic E-state index is 0.388. The van der Waals surface area contributed by atoms with E-state index in [0.717, 1.165) is 6.20 Å². The number of aromatic nitrogens is 1. The van der Waals surface area contributed by atoms with E-state index in [4.69, 9.17) is 5.26 Å². The summed E-state index contributed by atoms with van der Waals surface area (Å²) in [5, 5.41) is 8.33. The second kappa shape index (κ2) is 5.03. The molecule has 18 heavy (non-hydrogen) atoms. The maximum absolute atomic E-state index is 12.4. The van der Waals surface area contributed by atoms with Crippen LogP contribution in [0.5, 0.6) is 5.75 Å². The molecule has 0 aliphatic rings. The first-order valence-corrected chi connectivity index (χ1v) is 4.41. The number of pyridine rings is 1. The van der Waals surface area contributed by atoms with Crippen LogP contribution in [0.25, 0.3) is 0 Å². The summed E-state index contributed by atoms with van der Waals surface area (Å²) < 4.78 is 64.1. The monoisotopic (exact) mass is 268 g/mol. The lowest BCUT2D eigenvalue weighted by atomic mass is 10.2. The lowest BCUT2D eigenvalue weighted by Crippen LogP contribution is -2.25. The van der Waals surface area contributed by atoms with Gasteiger partial charge in [-0.05, 0) is 0 Å². The molecule has 0 aromatic carbocycles. The SMILES string of the molecule is N#CCc1c[nH]c(C(F)F)c(OC(F)(F)F)c1=O. The van der Waals surface area contributed by atoms with Gasteiger partial charge in [-0.25, -0.2) is 8.78 Å². The predicted octanol–water partition coefficient (Wildman–Crippen LogP) is 2.28. The number of hydrogen-bond acceptors (Lipinski definition) is 3. The largest absolute Gasteiger partial charge is 0.573 e. The molecular weight excluding hydrogens is 263 g/mol. The molecule has 0 amide bonds. The predicted molar refractivity (Wildman–Crippen MR) is 48.0 cm³/mol. The van der Waals surface area contributed by atoms with Crippen LogP contribution < -0.4 is 10.2 Å². The number of nitriles is 1. The summed E-state index contributed by atoms with van der Waals surface area (Å²) in [6.07, 6.45) is -8.38. The number of nitrogens with one attached hydrogen (secondary N) is 1. The second-order valence-electron chi connectivity index (χ2n) is 3.07. The zero-order chi connectivity index (χ0) is 13.9. The van der Waals surface area contributed by atoms with Crippen molar-refractivity contribution in [1.82, 2.24) is 4.98 Å². The first-order valence-electron chi connectivity index (χ1n) is 4.41. The molecule has 1 aromatic rings. The molecule has 0 aliphatic heterocycles. The summed E-state index contributed by atoms with van der Waals surface area (Å²) in [7, 11) is 0. The number of aromatic amines is 1. The Labute approximate surface area is 96.6 Å². The molecule has 1 N–H and O–H groups in total. The molecule has 1 rings (SSSR count). The molecular formula is C9H5F5N2O2. The third-order valence-electron chi connectivity index (χ3n) is 1.85. The Hall–Kier alpha value is -2.11. The van der Waals surface area contributed by atoms with Crippen LogP contribution in [-0.2, 0) is 6.42 Å². The number of halogens is 5. The first kappa shape index (κ1) is 14.0. The minimum atomic E-state index is -5.28. The molecule has 1 heterocycles. The van der Waals surface area contributed by atoms with E-state index in [9.17, 15) is 26.7 Å². The molecule has 98 valence electrons. The average Bonchev–Trinajstić information content (AvgIpc) is 2.22. The summed E-state index contributed by atoms with van der Waals surface area (Å²) in [6.45, 7) is 0. The van der Waals surface area contributed by atoms with Gasteiger partial charge >= 0.3 is 6.36 Å². The van der Waals surface area contributed by atoms with Crippen LogP contribution in [0.3, 0.4) is 0 Å². The molecule has 0 spiro atoms. The van der Waals surface area contributed by atoms with Gasteiger partial charge in [0, 0.05) is 11.8 Å². The van der Waals surface area contributed by atoms with Crippen LogP contribution in [0.2, 0.25) is 0 Å².